The minimum Gasteiger partial charge on any atom is -0.466 e. The van der Waals surface area contributed by atoms with Crippen molar-refractivity contribution in [1.29, 1.82) is 0 Å². The van der Waals surface area contributed by atoms with Crippen molar-refractivity contribution in [3.8, 4) is 0 Å². The highest BCUT2D eigenvalue weighted by molar-refractivity contribution is 5.87. The van der Waals surface area contributed by atoms with E-state index in [1.165, 1.54) is 26.4 Å². The van der Waals surface area contributed by atoms with Crippen LogP contribution in [0.4, 0.5) is 0 Å². The Bertz CT molecular complexity index is 297. The fourth-order valence-electron chi connectivity index (χ4n) is 2.54. The molecule has 0 aromatic heterocycles. The Hall–Kier alpha value is -0.830. The van der Waals surface area contributed by atoms with Crippen LogP contribution in [-0.4, -0.2) is 37.6 Å². The summed E-state index contributed by atoms with van der Waals surface area (Å²) in [5, 5.41) is 0. The second-order valence-electron chi connectivity index (χ2n) is 5.61. The van der Waals surface area contributed by atoms with E-state index in [9.17, 15) is 4.79 Å². The fourth-order valence-corrected chi connectivity index (χ4v) is 2.54. The van der Waals surface area contributed by atoms with Crippen LogP contribution in [0.5, 0.6) is 0 Å². The monoisotopic (exact) mass is 253 g/mol. The van der Waals surface area contributed by atoms with Crippen LogP contribution >= 0.6 is 0 Å². The lowest BCUT2D eigenvalue weighted by Gasteiger charge is -2.20. The summed E-state index contributed by atoms with van der Waals surface area (Å²) in [6, 6.07) is 0. The first-order chi connectivity index (χ1) is 8.54. The Morgan fingerprint density at radius 3 is 2.72 bits per heavy atom. The number of carbonyl (C=O) groups is 1. The molecule has 104 valence electrons. The van der Waals surface area contributed by atoms with Gasteiger partial charge in [0.2, 0.25) is 0 Å². The summed E-state index contributed by atoms with van der Waals surface area (Å²) in [5.74, 6) is 1.43. The third kappa shape index (κ3) is 4.81. The van der Waals surface area contributed by atoms with Crippen molar-refractivity contribution in [3.05, 3.63) is 11.6 Å². The molecule has 1 aliphatic rings. The smallest absolute Gasteiger partial charge is 0.333 e. The minimum atomic E-state index is -0.218. The predicted octanol–water partition coefficient (Wildman–Crippen LogP) is 2.86. The Balaban J connectivity index is 2.42. The molecule has 3 nitrogen and oxygen atoms in total. The Morgan fingerprint density at radius 1 is 1.39 bits per heavy atom. The van der Waals surface area contributed by atoms with Gasteiger partial charge in [-0.3, -0.25) is 4.90 Å². The van der Waals surface area contributed by atoms with Crippen LogP contribution in [-0.2, 0) is 9.53 Å². The molecule has 0 aromatic rings. The molecule has 1 aliphatic heterocycles. The number of methoxy groups -OCH3 is 1. The molecule has 1 fully saturated rings. The van der Waals surface area contributed by atoms with Crippen LogP contribution < -0.4 is 0 Å². The maximum absolute atomic E-state index is 11.3. The zero-order valence-electron chi connectivity index (χ0n) is 12.2. The summed E-state index contributed by atoms with van der Waals surface area (Å²) in [6.45, 7) is 9.62. The third-order valence-corrected chi connectivity index (χ3v) is 3.97. The van der Waals surface area contributed by atoms with Crippen molar-refractivity contribution < 1.29 is 9.53 Å². The molecule has 1 rings (SSSR count). The van der Waals surface area contributed by atoms with Gasteiger partial charge in [-0.25, -0.2) is 4.79 Å². The summed E-state index contributed by atoms with van der Waals surface area (Å²) in [7, 11) is 1.43. The molecule has 0 amide bonds. The van der Waals surface area contributed by atoms with Gasteiger partial charge in [0, 0.05) is 12.1 Å². The highest BCUT2D eigenvalue weighted by Gasteiger charge is 2.18. The van der Waals surface area contributed by atoms with Crippen LogP contribution in [0, 0.1) is 11.8 Å². The number of esters is 1. The largest absolute Gasteiger partial charge is 0.466 e. The molecule has 1 saturated heterocycles. The second-order valence-corrected chi connectivity index (χ2v) is 5.61. The number of carbonyl (C=O) groups excluding carboxylic acids is 1. The topological polar surface area (TPSA) is 29.5 Å². The van der Waals surface area contributed by atoms with E-state index in [1.54, 1.807) is 0 Å². The van der Waals surface area contributed by atoms with E-state index in [0.29, 0.717) is 5.57 Å². The molecule has 1 atom stereocenters. The van der Waals surface area contributed by atoms with E-state index >= 15 is 0 Å². The van der Waals surface area contributed by atoms with Crippen LogP contribution in [0.25, 0.3) is 0 Å². The number of hydrogen-bond acceptors (Lipinski definition) is 3. The van der Waals surface area contributed by atoms with Crippen molar-refractivity contribution in [2.24, 2.45) is 11.8 Å². The van der Waals surface area contributed by atoms with Gasteiger partial charge in [-0.1, -0.05) is 19.9 Å². The Labute approximate surface area is 111 Å². The van der Waals surface area contributed by atoms with Crippen molar-refractivity contribution in [3.63, 3.8) is 0 Å². The molecule has 0 N–H and O–H groups in total. The number of likely N-dealkylation sites (tertiary alicyclic amines) is 1. The van der Waals surface area contributed by atoms with Crippen LogP contribution in [0.2, 0.25) is 0 Å². The van der Waals surface area contributed by atoms with Crippen LogP contribution in [0.3, 0.4) is 0 Å². The molecule has 0 aliphatic carbocycles. The highest BCUT2D eigenvalue weighted by Crippen LogP contribution is 2.24. The van der Waals surface area contributed by atoms with E-state index < -0.39 is 0 Å². The first-order valence-corrected chi connectivity index (χ1v) is 7.02. The van der Waals surface area contributed by atoms with E-state index in [4.69, 9.17) is 4.74 Å². The molecule has 0 saturated carbocycles. The first-order valence-electron chi connectivity index (χ1n) is 7.02. The van der Waals surface area contributed by atoms with Gasteiger partial charge < -0.3 is 4.74 Å². The summed E-state index contributed by atoms with van der Waals surface area (Å²) in [4.78, 5) is 13.7. The highest BCUT2D eigenvalue weighted by atomic mass is 16.5. The molecular formula is C15H27NO2. The van der Waals surface area contributed by atoms with Gasteiger partial charge in [-0.15, -0.1) is 0 Å². The SMILES string of the molecule is COC(=O)C(C)=CCN1CCCC(C(C)C)CC1. The average molecular weight is 253 g/mol. The van der Waals surface area contributed by atoms with Gasteiger partial charge in [0.05, 0.1) is 7.11 Å². The summed E-state index contributed by atoms with van der Waals surface area (Å²) < 4.78 is 4.70. The number of ether oxygens (including phenoxy) is 1. The summed E-state index contributed by atoms with van der Waals surface area (Å²) in [6.07, 6.45) is 5.88. The number of rotatable bonds is 4. The summed E-state index contributed by atoms with van der Waals surface area (Å²) in [5.41, 5.74) is 0.710. The van der Waals surface area contributed by atoms with Gasteiger partial charge in [0.15, 0.2) is 0 Å². The Morgan fingerprint density at radius 2 is 2.11 bits per heavy atom. The number of hydrogen-bond donors (Lipinski definition) is 0. The second kappa shape index (κ2) is 7.57. The Kier molecular flexibility index (Phi) is 6.41. The minimum absolute atomic E-state index is 0.218. The molecule has 1 unspecified atom stereocenters. The zero-order chi connectivity index (χ0) is 13.5. The molecule has 0 radical (unpaired) electrons. The van der Waals surface area contributed by atoms with E-state index in [1.807, 2.05) is 13.0 Å². The van der Waals surface area contributed by atoms with Gasteiger partial charge in [-0.05, 0) is 51.1 Å². The molecule has 1 heterocycles. The molecule has 3 heteroatoms. The zero-order valence-corrected chi connectivity index (χ0v) is 12.2. The first kappa shape index (κ1) is 15.2. The molecule has 0 spiro atoms. The lowest BCUT2D eigenvalue weighted by molar-refractivity contribution is -0.136. The van der Waals surface area contributed by atoms with E-state index in [0.717, 1.165) is 31.5 Å². The van der Waals surface area contributed by atoms with Gasteiger partial charge >= 0.3 is 5.97 Å². The maximum Gasteiger partial charge on any atom is 0.333 e. The standard InChI is InChI=1S/C15H27NO2/c1-12(2)14-6-5-9-16(11-8-14)10-7-13(3)15(17)18-4/h7,12,14H,5-6,8-11H2,1-4H3. The van der Waals surface area contributed by atoms with Crippen molar-refractivity contribution >= 4 is 5.97 Å². The molecule has 0 aromatic carbocycles. The fraction of sp³-hybridized carbons (Fsp3) is 0.800. The maximum atomic E-state index is 11.3. The molecule has 18 heavy (non-hydrogen) atoms. The van der Waals surface area contributed by atoms with Gasteiger partial charge in [0.1, 0.15) is 0 Å². The van der Waals surface area contributed by atoms with Crippen molar-refractivity contribution in [2.45, 2.75) is 40.0 Å². The average Bonchev–Trinajstić information content (AvgIpc) is 2.60. The van der Waals surface area contributed by atoms with Crippen molar-refractivity contribution in [1.82, 2.24) is 4.90 Å². The third-order valence-electron chi connectivity index (χ3n) is 3.97. The number of nitrogens with zero attached hydrogens (tertiary/aromatic N) is 1. The lowest BCUT2D eigenvalue weighted by Crippen LogP contribution is -2.25. The van der Waals surface area contributed by atoms with Crippen LogP contribution in [0.1, 0.15) is 40.0 Å². The quantitative estimate of drug-likeness (QED) is 0.570. The molecule has 0 bridgehead atoms. The van der Waals surface area contributed by atoms with Crippen LogP contribution in [0.15, 0.2) is 11.6 Å². The normalized spacial score (nSPS) is 22.9. The van der Waals surface area contributed by atoms with Crippen molar-refractivity contribution in [2.75, 3.05) is 26.7 Å². The summed E-state index contributed by atoms with van der Waals surface area (Å²) >= 11 is 0. The predicted molar refractivity (Wildman–Crippen MR) is 74.4 cm³/mol. The van der Waals surface area contributed by atoms with Gasteiger partial charge in [-0.2, -0.15) is 0 Å². The lowest BCUT2D eigenvalue weighted by atomic mass is 9.89. The van der Waals surface area contributed by atoms with Gasteiger partial charge in [0.25, 0.3) is 0 Å². The molecular weight excluding hydrogens is 226 g/mol. The van der Waals surface area contributed by atoms with E-state index in [2.05, 4.69) is 18.7 Å². The van der Waals surface area contributed by atoms with E-state index in [-0.39, 0.29) is 5.97 Å².